The molecule has 134 valence electrons. The molecule has 0 radical (unpaired) electrons. The third kappa shape index (κ3) is 3.35. The minimum absolute atomic E-state index is 0.211. The number of esters is 1. The molecular formula is C20H21N3O3. The Kier molecular flexibility index (Phi) is 4.84. The van der Waals surface area contributed by atoms with E-state index in [4.69, 9.17) is 4.74 Å². The van der Waals surface area contributed by atoms with Gasteiger partial charge < -0.3 is 4.74 Å². The minimum atomic E-state index is -0.548. The van der Waals surface area contributed by atoms with E-state index in [0.717, 1.165) is 22.2 Å². The maximum Gasteiger partial charge on any atom is 0.338 e. The monoisotopic (exact) mass is 351 g/mol. The SMILES string of the molecule is CCn1nnc2cc(C(=O)OCC(=O)c3cc(C)c(C)cc3C)ccc21. The molecule has 0 saturated heterocycles. The van der Waals surface area contributed by atoms with E-state index in [1.807, 2.05) is 39.8 Å². The fourth-order valence-corrected chi connectivity index (χ4v) is 2.89. The van der Waals surface area contributed by atoms with Crippen LogP contribution < -0.4 is 0 Å². The summed E-state index contributed by atoms with van der Waals surface area (Å²) < 4.78 is 6.95. The van der Waals surface area contributed by atoms with Crippen LogP contribution in [0.25, 0.3) is 11.0 Å². The first kappa shape index (κ1) is 17.8. The summed E-state index contributed by atoms with van der Waals surface area (Å²) in [5.41, 5.74) is 5.46. The number of carbonyl (C=O) groups excluding carboxylic acids is 2. The van der Waals surface area contributed by atoms with Gasteiger partial charge in [0.2, 0.25) is 5.78 Å². The minimum Gasteiger partial charge on any atom is -0.454 e. The Hall–Kier alpha value is -3.02. The van der Waals surface area contributed by atoms with Crippen LogP contribution in [0.15, 0.2) is 30.3 Å². The van der Waals surface area contributed by atoms with Crippen molar-refractivity contribution in [3.05, 3.63) is 58.1 Å². The average Bonchev–Trinajstić information content (AvgIpc) is 3.04. The van der Waals surface area contributed by atoms with Crippen LogP contribution in [0.3, 0.4) is 0 Å². The van der Waals surface area contributed by atoms with E-state index in [2.05, 4.69) is 10.3 Å². The van der Waals surface area contributed by atoms with Gasteiger partial charge in [0.1, 0.15) is 5.52 Å². The molecule has 0 spiro atoms. The van der Waals surface area contributed by atoms with Crippen LogP contribution in [0.1, 0.15) is 44.3 Å². The molecule has 0 saturated carbocycles. The Balaban J connectivity index is 1.72. The third-order valence-corrected chi connectivity index (χ3v) is 4.52. The van der Waals surface area contributed by atoms with Crippen LogP contribution in [-0.4, -0.2) is 33.4 Å². The molecule has 3 rings (SSSR count). The quantitative estimate of drug-likeness (QED) is 0.520. The molecule has 6 heteroatoms. The molecular weight excluding hydrogens is 330 g/mol. The number of aromatic nitrogens is 3. The first-order valence-corrected chi connectivity index (χ1v) is 8.52. The molecule has 0 bridgehead atoms. The summed E-state index contributed by atoms with van der Waals surface area (Å²) in [5.74, 6) is -0.759. The average molecular weight is 351 g/mol. The molecule has 0 fully saturated rings. The van der Waals surface area contributed by atoms with Crippen LogP contribution in [0.5, 0.6) is 0 Å². The predicted molar refractivity (Wildman–Crippen MR) is 98.5 cm³/mol. The molecule has 0 atom stereocenters. The standard InChI is InChI=1S/C20H21N3O3/c1-5-23-18-7-6-15(10-17(18)21-22-23)20(25)26-11-19(24)16-9-13(3)12(2)8-14(16)4/h6-10H,5,11H2,1-4H3. The van der Waals surface area contributed by atoms with E-state index in [0.29, 0.717) is 23.2 Å². The summed E-state index contributed by atoms with van der Waals surface area (Å²) >= 11 is 0. The van der Waals surface area contributed by atoms with Gasteiger partial charge in [0.15, 0.2) is 6.61 Å². The molecule has 3 aromatic rings. The van der Waals surface area contributed by atoms with E-state index in [9.17, 15) is 9.59 Å². The number of Topliss-reactive ketones (excluding diaryl/α,β-unsaturated/α-hetero) is 1. The molecule has 0 N–H and O–H groups in total. The number of aryl methyl sites for hydroxylation is 4. The summed E-state index contributed by atoms with van der Waals surface area (Å²) in [6.45, 7) is 8.22. The molecule has 1 heterocycles. The molecule has 6 nitrogen and oxygen atoms in total. The molecule has 1 aromatic heterocycles. The van der Waals surface area contributed by atoms with Gasteiger partial charge in [-0.1, -0.05) is 11.3 Å². The summed E-state index contributed by atoms with van der Waals surface area (Å²) in [4.78, 5) is 24.7. The van der Waals surface area contributed by atoms with Gasteiger partial charge in [0, 0.05) is 12.1 Å². The zero-order chi connectivity index (χ0) is 18.8. The van der Waals surface area contributed by atoms with Gasteiger partial charge in [-0.15, -0.1) is 5.10 Å². The second-order valence-corrected chi connectivity index (χ2v) is 6.36. The first-order chi connectivity index (χ1) is 12.4. The lowest BCUT2D eigenvalue weighted by molar-refractivity contribution is 0.0474. The van der Waals surface area contributed by atoms with Gasteiger partial charge >= 0.3 is 5.97 Å². The zero-order valence-corrected chi connectivity index (χ0v) is 15.4. The smallest absolute Gasteiger partial charge is 0.338 e. The number of ketones is 1. The first-order valence-electron chi connectivity index (χ1n) is 8.52. The molecule has 2 aromatic carbocycles. The summed E-state index contributed by atoms with van der Waals surface area (Å²) in [6.07, 6.45) is 0. The van der Waals surface area contributed by atoms with Gasteiger partial charge in [-0.25, -0.2) is 9.48 Å². The topological polar surface area (TPSA) is 74.1 Å². The number of benzene rings is 2. The fraction of sp³-hybridized carbons (Fsp3) is 0.300. The number of hydrogen-bond donors (Lipinski definition) is 0. The molecule has 0 aliphatic carbocycles. The largest absolute Gasteiger partial charge is 0.454 e. The number of carbonyl (C=O) groups is 2. The number of rotatable bonds is 5. The van der Waals surface area contributed by atoms with Gasteiger partial charge in [-0.2, -0.15) is 0 Å². The lowest BCUT2D eigenvalue weighted by atomic mass is 9.98. The summed E-state index contributed by atoms with van der Waals surface area (Å²) in [6, 6.07) is 8.88. The highest BCUT2D eigenvalue weighted by Crippen LogP contribution is 2.17. The van der Waals surface area contributed by atoms with Crippen molar-refractivity contribution in [1.82, 2.24) is 15.0 Å². The molecule has 0 aliphatic heterocycles. The number of hydrogen-bond acceptors (Lipinski definition) is 5. The van der Waals surface area contributed by atoms with Crippen molar-refractivity contribution < 1.29 is 14.3 Å². The highest BCUT2D eigenvalue weighted by molar-refractivity contribution is 6.01. The second-order valence-electron chi connectivity index (χ2n) is 6.36. The fourth-order valence-electron chi connectivity index (χ4n) is 2.89. The van der Waals surface area contributed by atoms with Crippen LogP contribution in [-0.2, 0) is 11.3 Å². The van der Waals surface area contributed by atoms with Crippen LogP contribution >= 0.6 is 0 Å². The van der Waals surface area contributed by atoms with E-state index in [1.165, 1.54) is 0 Å². The molecule has 0 amide bonds. The Morgan fingerprint density at radius 1 is 1.04 bits per heavy atom. The van der Waals surface area contributed by atoms with Crippen molar-refractivity contribution in [3.8, 4) is 0 Å². The zero-order valence-electron chi connectivity index (χ0n) is 15.4. The highest BCUT2D eigenvalue weighted by atomic mass is 16.5. The summed E-state index contributed by atoms with van der Waals surface area (Å²) in [5, 5.41) is 8.06. The van der Waals surface area contributed by atoms with E-state index < -0.39 is 5.97 Å². The van der Waals surface area contributed by atoms with Crippen LogP contribution in [0.4, 0.5) is 0 Å². The van der Waals surface area contributed by atoms with Crippen molar-refractivity contribution >= 4 is 22.8 Å². The molecule has 0 aliphatic rings. The lowest BCUT2D eigenvalue weighted by Gasteiger charge is -2.09. The van der Waals surface area contributed by atoms with Crippen LogP contribution in [0, 0.1) is 20.8 Å². The van der Waals surface area contributed by atoms with Crippen molar-refractivity contribution in [2.24, 2.45) is 0 Å². The number of nitrogens with zero attached hydrogens (tertiary/aromatic N) is 3. The third-order valence-electron chi connectivity index (χ3n) is 4.52. The van der Waals surface area contributed by atoms with Crippen molar-refractivity contribution in [3.63, 3.8) is 0 Å². The Morgan fingerprint density at radius 2 is 1.77 bits per heavy atom. The number of fused-ring (bicyclic) bond motifs is 1. The van der Waals surface area contributed by atoms with Gasteiger partial charge in [-0.05, 0) is 68.7 Å². The van der Waals surface area contributed by atoms with Crippen LogP contribution in [0.2, 0.25) is 0 Å². The van der Waals surface area contributed by atoms with Gasteiger partial charge in [0.25, 0.3) is 0 Å². The molecule has 26 heavy (non-hydrogen) atoms. The Bertz CT molecular complexity index is 1000. The lowest BCUT2D eigenvalue weighted by Crippen LogP contribution is -2.15. The normalized spacial score (nSPS) is 10.9. The highest BCUT2D eigenvalue weighted by Gasteiger charge is 2.16. The second kappa shape index (κ2) is 7.07. The maximum absolute atomic E-state index is 12.4. The van der Waals surface area contributed by atoms with E-state index >= 15 is 0 Å². The van der Waals surface area contributed by atoms with Gasteiger partial charge in [0.05, 0.1) is 11.1 Å². The number of ether oxygens (including phenoxy) is 1. The van der Waals surface area contributed by atoms with Crippen molar-refractivity contribution in [1.29, 1.82) is 0 Å². The van der Waals surface area contributed by atoms with Crippen molar-refractivity contribution in [2.75, 3.05) is 6.61 Å². The van der Waals surface area contributed by atoms with E-state index in [1.54, 1.807) is 22.9 Å². The summed E-state index contributed by atoms with van der Waals surface area (Å²) in [7, 11) is 0. The Labute approximate surface area is 151 Å². The van der Waals surface area contributed by atoms with Gasteiger partial charge in [-0.3, -0.25) is 4.79 Å². The maximum atomic E-state index is 12.4. The van der Waals surface area contributed by atoms with E-state index in [-0.39, 0.29) is 12.4 Å². The van der Waals surface area contributed by atoms with Crippen molar-refractivity contribution in [2.45, 2.75) is 34.2 Å². The predicted octanol–water partition coefficient (Wildman–Crippen LogP) is 3.42. The molecule has 0 unspecified atom stereocenters. The Morgan fingerprint density at radius 3 is 2.50 bits per heavy atom.